The molecule has 0 radical (unpaired) electrons. The van der Waals surface area contributed by atoms with Crippen LogP contribution < -0.4 is 5.32 Å². The third-order valence-electron chi connectivity index (χ3n) is 5.95. The molecule has 0 bridgehead atoms. The average Bonchev–Trinajstić information content (AvgIpc) is 2.75. The third-order valence-corrected chi connectivity index (χ3v) is 6.20. The van der Waals surface area contributed by atoms with Crippen molar-refractivity contribution in [3.05, 3.63) is 47.2 Å². The zero-order valence-corrected chi connectivity index (χ0v) is 16.9. The van der Waals surface area contributed by atoms with Crippen molar-refractivity contribution in [2.75, 3.05) is 13.1 Å². The van der Waals surface area contributed by atoms with Crippen molar-refractivity contribution in [3.8, 4) is 11.4 Å². The van der Waals surface area contributed by atoms with E-state index in [-0.39, 0.29) is 11.9 Å². The van der Waals surface area contributed by atoms with Crippen LogP contribution in [0.4, 0.5) is 0 Å². The van der Waals surface area contributed by atoms with Gasteiger partial charge >= 0.3 is 0 Å². The summed E-state index contributed by atoms with van der Waals surface area (Å²) >= 11 is 5.94. The smallest absolute Gasteiger partial charge is 0.270 e. The Morgan fingerprint density at radius 2 is 1.71 bits per heavy atom. The van der Waals surface area contributed by atoms with Crippen molar-refractivity contribution in [1.82, 2.24) is 20.2 Å². The van der Waals surface area contributed by atoms with E-state index in [0.29, 0.717) is 16.5 Å². The van der Waals surface area contributed by atoms with E-state index in [0.717, 1.165) is 37.5 Å². The first-order valence-electron chi connectivity index (χ1n) is 10.3. The zero-order valence-electron chi connectivity index (χ0n) is 16.1. The van der Waals surface area contributed by atoms with E-state index in [1.165, 1.54) is 32.1 Å². The summed E-state index contributed by atoms with van der Waals surface area (Å²) in [6.45, 7) is 2.16. The van der Waals surface area contributed by atoms with Gasteiger partial charge in [-0.2, -0.15) is 0 Å². The summed E-state index contributed by atoms with van der Waals surface area (Å²) in [5, 5.41) is 3.83. The fraction of sp³-hybridized carbons (Fsp3) is 0.500. The second-order valence-electron chi connectivity index (χ2n) is 7.85. The van der Waals surface area contributed by atoms with E-state index in [9.17, 15) is 4.79 Å². The Labute approximate surface area is 171 Å². The van der Waals surface area contributed by atoms with Gasteiger partial charge in [0, 0.05) is 42.0 Å². The van der Waals surface area contributed by atoms with Crippen LogP contribution in [-0.2, 0) is 0 Å². The Morgan fingerprint density at radius 1 is 1.00 bits per heavy atom. The van der Waals surface area contributed by atoms with Crippen molar-refractivity contribution in [2.24, 2.45) is 0 Å². The molecule has 148 valence electrons. The van der Waals surface area contributed by atoms with E-state index >= 15 is 0 Å². The summed E-state index contributed by atoms with van der Waals surface area (Å²) in [5.41, 5.74) is 1.26. The molecule has 6 heteroatoms. The number of likely N-dealkylation sites (tertiary alicyclic amines) is 1. The van der Waals surface area contributed by atoms with Gasteiger partial charge in [-0.3, -0.25) is 4.79 Å². The topological polar surface area (TPSA) is 58.1 Å². The number of rotatable bonds is 4. The first-order valence-corrected chi connectivity index (χ1v) is 10.7. The van der Waals surface area contributed by atoms with Gasteiger partial charge in [0.25, 0.3) is 5.91 Å². The Bertz CT molecular complexity index is 796. The molecule has 2 aliphatic rings. The van der Waals surface area contributed by atoms with Gasteiger partial charge in [0.1, 0.15) is 5.69 Å². The van der Waals surface area contributed by atoms with Crippen LogP contribution in [-0.4, -0.2) is 45.9 Å². The van der Waals surface area contributed by atoms with Crippen LogP contribution >= 0.6 is 11.6 Å². The number of aromatic nitrogens is 2. The Hall–Kier alpha value is -1.98. The number of piperidine rings is 1. The summed E-state index contributed by atoms with van der Waals surface area (Å²) in [6, 6.07) is 9.97. The zero-order chi connectivity index (χ0) is 19.3. The van der Waals surface area contributed by atoms with Crippen molar-refractivity contribution >= 4 is 17.5 Å². The molecule has 1 aromatic carbocycles. The molecule has 1 amide bonds. The molecular weight excluding hydrogens is 372 g/mol. The molecule has 5 nitrogen and oxygen atoms in total. The van der Waals surface area contributed by atoms with Gasteiger partial charge in [0.05, 0.1) is 0 Å². The fourth-order valence-electron chi connectivity index (χ4n) is 4.34. The summed E-state index contributed by atoms with van der Waals surface area (Å²) in [4.78, 5) is 24.1. The maximum Gasteiger partial charge on any atom is 0.270 e. The average molecular weight is 399 g/mol. The minimum Gasteiger partial charge on any atom is -0.348 e. The van der Waals surface area contributed by atoms with E-state index < -0.39 is 0 Å². The molecule has 2 fully saturated rings. The van der Waals surface area contributed by atoms with Crippen LogP contribution in [0.5, 0.6) is 0 Å². The van der Waals surface area contributed by atoms with Crippen molar-refractivity contribution in [1.29, 1.82) is 0 Å². The van der Waals surface area contributed by atoms with Crippen LogP contribution in [0.2, 0.25) is 5.02 Å². The predicted octanol–water partition coefficient (Wildman–Crippen LogP) is 4.32. The van der Waals surface area contributed by atoms with E-state index in [4.69, 9.17) is 11.6 Å². The molecule has 1 saturated carbocycles. The molecule has 0 spiro atoms. The number of hydrogen-bond donors (Lipinski definition) is 1. The lowest BCUT2D eigenvalue weighted by Gasteiger charge is -2.39. The number of carbonyl (C=O) groups excluding carboxylic acids is 1. The molecular formula is C22H27ClN4O. The highest BCUT2D eigenvalue weighted by molar-refractivity contribution is 6.30. The molecule has 28 heavy (non-hydrogen) atoms. The maximum atomic E-state index is 12.7. The molecule has 1 aromatic heterocycles. The standard InChI is InChI=1S/C22H27ClN4O/c23-17-8-6-16(7-9-17)21-24-13-10-20(26-21)22(28)25-18-11-14-27(15-12-18)19-4-2-1-3-5-19/h6-10,13,18-19H,1-5,11-12,14-15H2,(H,25,28). The maximum absolute atomic E-state index is 12.7. The Kier molecular flexibility index (Phi) is 6.23. The fourth-order valence-corrected chi connectivity index (χ4v) is 4.46. The lowest BCUT2D eigenvalue weighted by Crippen LogP contribution is -2.48. The van der Waals surface area contributed by atoms with Gasteiger partial charge in [0.2, 0.25) is 0 Å². The highest BCUT2D eigenvalue weighted by Crippen LogP contribution is 2.25. The first kappa shape index (κ1) is 19.3. The van der Waals surface area contributed by atoms with Crippen molar-refractivity contribution in [3.63, 3.8) is 0 Å². The van der Waals surface area contributed by atoms with Crippen LogP contribution in [0, 0.1) is 0 Å². The lowest BCUT2D eigenvalue weighted by molar-refractivity contribution is 0.0861. The molecule has 1 aliphatic heterocycles. The third kappa shape index (κ3) is 4.70. The van der Waals surface area contributed by atoms with Crippen molar-refractivity contribution < 1.29 is 4.79 Å². The predicted molar refractivity (Wildman–Crippen MR) is 111 cm³/mol. The van der Waals surface area contributed by atoms with Crippen LogP contribution in [0.25, 0.3) is 11.4 Å². The van der Waals surface area contributed by atoms with E-state index in [2.05, 4.69) is 20.2 Å². The molecule has 2 heterocycles. The lowest BCUT2D eigenvalue weighted by atomic mass is 9.92. The van der Waals surface area contributed by atoms with Gasteiger partial charge in [0.15, 0.2) is 5.82 Å². The van der Waals surface area contributed by atoms with Gasteiger partial charge in [-0.05, 0) is 56.0 Å². The van der Waals surface area contributed by atoms with Gasteiger partial charge in [-0.15, -0.1) is 0 Å². The number of amides is 1. The monoisotopic (exact) mass is 398 g/mol. The van der Waals surface area contributed by atoms with Gasteiger partial charge < -0.3 is 10.2 Å². The van der Waals surface area contributed by atoms with Crippen LogP contribution in [0.1, 0.15) is 55.4 Å². The SMILES string of the molecule is O=C(NC1CCN(C2CCCCC2)CC1)c1ccnc(-c2ccc(Cl)cc2)n1. The van der Waals surface area contributed by atoms with Gasteiger partial charge in [-0.1, -0.05) is 30.9 Å². The number of carbonyl (C=O) groups is 1. The summed E-state index contributed by atoms with van der Waals surface area (Å²) in [7, 11) is 0. The number of benzene rings is 1. The quantitative estimate of drug-likeness (QED) is 0.833. The molecule has 2 aromatic rings. The summed E-state index contributed by atoms with van der Waals surface area (Å²) in [6.07, 6.45) is 10.5. The van der Waals surface area contributed by atoms with Gasteiger partial charge in [-0.25, -0.2) is 9.97 Å². The molecule has 1 aliphatic carbocycles. The first-order chi connectivity index (χ1) is 13.7. The van der Waals surface area contributed by atoms with Crippen molar-refractivity contribution in [2.45, 2.75) is 57.0 Å². The number of halogens is 1. The second-order valence-corrected chi connectivity index (χ2v) is 8.28. The number of nitrogens with one attached hydrogen (secondary N) is 1. The van der Waals surface area contributed by atoms with Crippen LogP contribution in [0.15, 0.2) is 36.5 Å². The number of nitrogens with zero attached hydrogens (tertiary/aromatic N) is 3. The molecule has 1 N–H and O–H groups in total. The largest absolute Gasteiger partial charge is 0.348 e. The minimum atomic E-state index is -0.117. The normalized spacial score (nSPS) is 19.5. The van der Waals surface area contributed by atoms with E-state index in [1.807, 2.05) is 12.1 Å². The summed E-state index contributed by atoms with van der Waals surface area (Å²) < 4.78 is 0. The minimum absolute atomic E-state index is 0.117. The Morgan fingerprint density at radius 3 is 2.43 bits per heavy atom. The molecule has 0 atom stereocenters. The van der Waals surface area contributed by atoms with Crippen LogP contribution in [0.3, 0.4) is 0 Å². The summed E-state index contributed by atoms with van der Waals surface area (Å²) in [5.74, 6) is 0.421. The molecule has 0 unspecified atom stereocenters. The molecule has 4 rings (SSSR count). The molecule has 1 saturated heterocycles. The highest BCUT2D eigenvalue weighted by Gasteiger charge is 2.27. The Balaban J connectivity index is 1.34. The highest BCUT2D eigenvalue weighted by atomic mass is 35.5. The van der Waals surface area contributed by atoms with E-state index in [1.54, 1.807) is 24.4 Å². The second kappa shape index (κ2) is 9.01. The number of hydrogen-bond acceptors (Lipinski definition) is 4.